The molecule has 0 aliphatic heterocycles. The van der Waals surface area contributed by atoms with Gasteiger partial charge in [0, 0.05) is 24.7 Å². The minimum Gasteiger partial charge on any atom is -0.481 e. The SMILES string of the molecule is CC(C)C(N)C(=O)NC(CCC(=O)O)C(=O)NC(CO)C(=O)NC(Cc1cnc[nH]1)C(=O)O. The van der Waals surface area contributed by atoms with Gasteiger partial charge in [0.25, 0.3) is 0 Å². The highest BCUT2D eigenvalue weighted by Gasteiger charge is 2.31. The van der Waals surface area contributed by atoms with Crippen molar-refractivity contribution in [3.05, 3.63) is 18.2 Å². The third-order valence-electron chi connectivity index (χ3n) is 4.71. The number of carbonyl (C=O) groups is 5. The summed E-state index contributed by atoms with van der Waals surface area (Å²) in [4.78, 5) is 66.2. The van der Waals surface area contributed by atoms with Gasteiger partial charge >= 0.3 is 11.9 Å². The molecular formula is C19H30N6O8. The first kappa shape index (κ1) is 27.5. The van der Waals surface area contributed by atoms with E-state index in [1.807, 2.05) is 0 Å². The third kappa shape index (κ3) is 9.24. The van der Waals surface area contributed by atoms with Gasteiger partial charge in [-0.1, -0.05) is 13.8 Å². The maximum Gasteiger partial charge on any atom is 0.326 e. The summed E-state index contributed by atoms with van der Waals surface area (Å²) in [6, 6.07) is -5.24. The van der Waals surface area contributed by atoms with E-state index >= 15 is 0 Å². The van der Waals surface area contributed by atoms with Crippen LogP contribution >= 0.6 is 0 Å². The fourth-order valence-corrected chi connectivity index (χ4v) is 2.66. The molecule has 14 nitrogen and oxygen atoms in total. The summed E-state index contributed by atoms with van der Waals surface area (Å²) in [6.07, 6.45) is 1.83. The van der Waals surface area contributed by atoms with Crippen LogP contribution in [0.5, 0.6) is 0 Å². The molecule has 0 aliphatic carbocycles. The number of imidazole rings is 1. The molecule has 0 saturated carbocycles. The molecule has 4 atom stereocenters. The van der Waals surface area contributed by atoms with Gasteiger partial charge in [-0.3, -0.25) is 19.2 Å². The van der Waals surface area contributed by atoms with Gasteiger partial charge in [-0.2, -0.15) is 0 Å². The number of aromatic nitrogens is 2. The first-order chi connectivity index (χ1) is 15.5. The predicted octanol–water partition coefficient (Wildman–Crippen LogP) is -2.67. The largest absolute Gasteiger partial charge is 0.481 e. The second kappa shape index (κ2) is 13.1. The number of hydrogen-bond acceptors (Lipinski definition) is 8. The van der Waals surface area contributed by atoms with Crippen LogP contribution in [0.1, 0.15) is 32.4 Å². The van der Waals surface area contributed by atoms with Crippen LogP contribution < -0.4 is 21.7 Å². The van der Waals surface area contributed by atoms with Crippen molar-refractivity contribution >= 4 is 29.7 Å². The highest BCUT2D eigenvalue weighted by Crippen LogP contribution is 2.04. The lowest BCUT2D eigenvalue weighted by Gasteiger charge is -2.24. The zero-order chi connectivity index (χ0) is 25.1. The van der Waals surface area contributed by atoms with E-state index in [1.54, 1.807) is 13.8 Å². The Morgan fingerprint density at radius 3 is 2.06 bits per heavy atom. The van der Waals surface area contributed by atoms with Crippen molar-refractivity contribution in [3.63, 3.8) is 0 Å². The summed E-state index contributed by atoms with van der Waals surface area (Å²) in [6.45, 7) is 2.49. The van der Waals surface area contributed by atoms with Crippen LogP contribution in [0.15, 0.2) is 12.5 Å². The topological polar surface area (TPSA) is 237 Å². The number of carbonyl (C=O) groups excluding carboxylic acids is 3. The fourth-order valence-electron chi connectivity index (χ4n) is 2.66. The molecule has 4 unspecified atom stereocenters. The summed E-state index contributed by atoms with van der Waals surface area (Å²) in [7, 11) is 0. The Labute approximate surface area is 189 Å². The lowest BCUT2D eigenvalue weighted by atomic mass is 10.0. The number of amides is 3. The standard InChI is InChI=1S/C19H30N6O8/c1-9(2)15(20)18(31)23-11(3-4-14(27)28)16(29)25-13(7-26)17(30)24-12(19(32)33)5-10-6-21-8-22-10/h6,8-9,11-13,15,26H,3-5,7,20H2,1-2H3,(H,21,22)(H,23,31)(H,24,30)(H,25,29)(H,27,28)(H,32,33). The molecule has 1 aromatic heterocycles. The Hall–Kier alpha value is -3.52. The lowest BCUT2D eigenvalue weighted by Crippen LogP contribution is -2.58. The maximum absolute atomic E-state index is 12.7. The molecule has 184 valence electrons. The molecule has 14 heteroatoms. The molecule has 0 aliphatic rings. The number of hydrogen-bond donors (Lipinski definition) is 8. The summed E-state index contributed by atoms with van der Waals surface area (Å²) in [5.41, 5.74) is 6.19. The normalized spacial score (nSPS) is 14.6. The molecule has 1 aromatic rings. The molecule has 0 saturated heterocycles. The number of aliphatic hydroxyl groups excluding tert-OH is 1. The average Bonchev–Trinajstić information content (AvgIpc) is 3.26. The molecule has 33 heavy (non-hydrogen) atoms. The van der Waals surface area contributed by atoms with E-state index in [4.69, 9.17) is 10.8 Å². The van der Waals surface area contributed by atoms with E-state index in [9.17, 15) is 34.2 Å². The number of H-pyrrole nitrogens is 1. The van der Waals surface area contributed by atoms with Crippen LogP contribution in [0.2, 0.25) is 0 Å². The highest BCUT2D eigenvalue weighted by atomic mass is 16.4. The van der Waals surface area contributed by atoms with Crippen molar-refractivity contribution in [1.82, 2.24) is 25.9 Å². The first-order valence-corrected chi connectivity index (χ1v) is 10.2. The zero-order valence-corrected chi connectivity index (χ0v) is 18.3. The minimum absolute atomic E-state index is 0.127. The molecule has 0 aromatic carbocycles. The Kier molecular flexibility index (Phi) is 10.9. The number of aliphatic carboxylic acids is 2. The van der Waals surface area contributed by atoms with Crippen LogP contribution in [-0.4, -0.2) is 85.7 Å². The van der Waals surface area contributed by atoms with Crippen LogP contribution in [0.3, 0.4) is 0 Å². The van der Waals surface area contributed by atoms with Crippen molar-refractivity contribution in [2.24, 2.45) is 11.7 Å². The fraction of sp³-hybridized carbons (Fsp3) is 0.579. The number of rotatable bonds is 14. The van der Waals surface area contributed by atoms with Crippen molar-refractivity contribution in [2.45, 2.75) is 57.3 Å². The summed E-state index contributed by atoms with van der Waals surface area (Å²) < 4.78 is 0. The molecule has 0 bridgehead atoms. The monoisotopic (exact) mass is 470 g/mol. The van der Waals surface area contributed by atoms with Crippen molar-refractivity contribution in [3.8, 4) is 0 Å². The van der Waals surface area contributed by atoms with E-state index in [2.05, 4.69) is 25.9 Å². The molecule has 0 radical (unpaired) electrons. The highest BCUT2D eigenvalue weighted by molar-refractivity contribution is 5.94. The molecule has 1 rings (SSSR count). The van der Waals surface area contributed by atoms with Crippen molar-refractivity contribution in [1.29, 1.82) is 0 Å². The molecule has 9 N–H and O–H groups in total. The summed E-state index contributed by atoms with van der Waals surface area (Å²) in [5.74, 6) is -5.43. The lowest BCUT2D eigenvalue weighted by molar-refractivity contribution is -0.142. The van der Waals surface area contributed by atoms with Crippen molar-refractivity contribution in [2.75, 3.05) is 6.61 Å². The summed E-state index contributed by atoms with van der Waals surface area (Å²) >= 11 is 0. The second-order valence-corrected chi connectivity index (χ2v) is 7.69. The predicted molar refractivity (Wildman–Crippen MR) is 112 cm³/mol. The van der Waals surface area contributed by atoms with Gasteiger partial charge in [0.05, 0.1) is 19.0 Å². The van der Waals surface area contributed by atoms with E-state index in [0.29, 0.717) is 5.69 Å². The van der Waals surface area contributed by atoms with Gasteiger partial charge in [-0.15, -0.1) is 0 Å². The van der Waals surface area contributed by atoms with Crippen LogP contribution in [0.25, 0.3) is 0 Å². The van der Waals surface area contributed by atoms with Crippen LogP contribution in [0.4, 0.5) is 0 Å². The number of aromatic amines is 1. The smallest absolute Gasteiger partial charge is 0.326 e. The van der Waals surface area contributed by atoms with Gasteiger partial charge < -0.3 is 42.0 Å². The number of nitrogens with two attached hydrogens (primary N) is 1. The second-order valence-electron chi connectivity index (χ2n) is 7.69. The maximum atomic E-state index is 12.7. The first-order valence-electron chi connectivity index (χ1n) is 10.2. The molecule has 1 heterocycles. The number of nitrogens with one attached hydrogen (secondary N) is 4. The van der Waals surface area contributed by atoms with Gasteiger partial charge in [-0.25, -0.2) is 9.78 Å². The number of carboxylic acid groups (broad SMARTS) is 2. The average molecular weight is 470 g/mol. The van der Waals surface area contributed by atoms with E-state index in [1.165, 1.54) is 12.5 Å². The van der Waals surface area contributed by atoms with E-state index in [-0.39, 0.29) is 18.8 Å². The Bertz CT molecular complexity index is 828. The molecular weight excluding hydrogens is 440 g/mol. The summed E-state index contributed by atoms with van der Waals surface area (Å²) in [5, 5.41) is 34.6. The molecule has 0 fully saturated rings. The Morgan fingerprint density at radius 2 is 1.58 bits per heavy atom. The van der Waals surface area contributed by atoms with E-state index < -0.39 is 66.9 Å². The number of nitrogens with zero attached hydrogens (tertiary/aromatic N) is 1. The molecule has 0 spiro atoms. The van der Waals surface area contributed by atoms with Gasteiger partial charge in [0.1, 0.15) is 18.1 Å². The quantitative estimate of drug-likeness (QED) is 0.140. The minimum atomic E-state index is -1.55. The van der Waals surface area contributed by atoms with Crippen LogP contribution in [-0.2, 0) is 30.4 Å². The van der Waals surface area contributed by atoms with Gasteiger partial charge in [-0.05, 0) is 12.3 Å². The van der Waals surface area contributed by atoms with Gasteiger partial charge in [0.15, 0.2) is 0 Å². The van der Waals surface area contributed by atoms with E-state index in [0.717, 1.165) is 0 Å². The molecule has 3 amide bonds. The number of aliphatic hydroxyl groups is 1. The van der Waals surface area contributed by atoms with Crippen molar-refractivity contribution < 1.29 is 39.3 Å². The zero-order valence-electron chi connectivity index (χ0n) is 18.3. The number of carboxylic acids is 2. The third-order valence-corrected chi connectivity index (χ3v) is 4.71. The Morgan fingerprint density at radius 1 is 1.00 bits per heavy atom. The van der Waals surface area contributed by atoms with Crippen LogP contribution in [0, 0.1) is 5.92 Å². The van der Waals surface area contributed by atoms with Gasteiger partial charge in [0.2, 0.25) is 17.7 Å². The Balaban J connectivity index is 2.87.